The maximum Gasteiger partial charge on any atom is 0.0627 e. The molecule has 0 radical (unpaired) electrons. The minimum atomic E-state index is 0.678. The predicted octanol–water partition coefficient (Wildman–Crippen LogP) is 4.55. The van der Waals surface area contributed by atoms with Gasteiger partial charge in [-0.25, -0.2) is 0 Å². The molecule has 2 heteroatoms. The van der Waals surface area contributed by atoms with E-state index >= 15 is 0 Å². The van der Waals surface area contributed by atoms with Gasteiger partial charge in [-0.2, -0.15) is 0 Å². The Balaban J connectivity index is 2.44. The van der Waals surface area contributed by atoms with Gasteiger partial charge < -0.3 is 0 Å². The number of hydrogen-bond acceptors (Lipinski definition) is 0. The Hall–Kier alpha value is -0.720. The van der Waals surface area contributed by atoms with Crippen molar-refractivity contribution >= 4 is 28.8 Å². The van der Waals surface area contributed by atoms with Crippen molar-refractivity contribution in [2.45, 2.75) is 12.8 Å². The van der Waals surface area contributed by atoms with E-state index in [1.165, 1.54) is 5.56 Å². The molecule has 1 aliphatic rings. The third-order valence-electron chi connectivity index (χ3n) is 2.31. The van der Waals surface area contributed by atoms with Crippen molar-refractivity contribution in [1.82, 2.24) is 0 Å². The van der Waals surface area contributed by atoms with Crippen LogP contribution in [0.15, 0.2) is 46.5 Å². The van der Waals surface area contributed by atoms with Crippen LogP contribution in [0.1, 0.15) is 18.4 Å². The molecule has 0 fully saturated rings. The molecule has 2 rings (SSSR count). The molecule has 0 atom stereocenters. The van der Waals surface area contributed by atoms with E-state index in [0.29, 0.717) is 10.1 Å². The summed E-state index contributed by atoms with van der Waals surface area (Å²) in [6.07, 6.45) is 3.91. The number of rotatable bonds is 1. The molecular formula is C12H10Cl2. The van der Waals surface area contributed by atoms with Crippen LogP contribution in [0.5, 0.6) is 0 Å². The number of hydrogen-bond donors (Lipinski definition) is 0. The lowest BCUT2D eigenvalue weighted by Gasteiger charge is -2.14. The summed E-state index contributed by atoms with van der Waals surface area (Å²) in [5, 5.41) is 1.38. The Morgan fingerprint density at radius 3 is 2.43 bits per heavy atom. The summed E-state index contributed by atoms with van der Waals surface area (Å²) in [6.45, 7) is 0. The molecule has 0 saturated heterocycles. The van der Waals surface area contributed by atoms with Gasteiger partial charge in [0.05, 0.1) is 10.1 Å². The summed E-state index contributed by atoms with van der Waals surface area (Å²) in [5.41, 5.74) is 2.32. The standard InChI is InChI=1S/C12H10Cl2/c13-11-8-4-7-10(12(11)14)9-5-2-1-3-6-9/h1-3,5-6,8H,4,7H2. The van der Waals surface area contributed by atoms with Gasteiger partial charge in [-0.15, -0.1) is 0 Å². The van der Waals surface area contributed by atoms with Gasteiger partial charge in [-0.05, 0) is 24.0 Å². The van der Waals surface area contributed by atoms with E-state index < -0.39 is 0 Å². The molecule has 1 aliphatic carbocycles. The highest BCUT2D eigenvalue weighted by molar-refractivity contribution is 6.46. The lowest BCUT2D eigenvalue weighted by Crippen LogP contribution is -1.93. The van der Waals surface area contributed by atoms with E-state index in [9.17, 15) is 0 Å². The molecular weight excluding hydrogens is 215 g/mol. The topological polar surface area (TPSA) is 0 Å². The van der Waals surface area contributed by atoms with Gasteiger partial charge in [0, 0.05) is 0 Å². The van der Waals surface area contributed by atoms with Gasteiger partial charge >= 0.3 is 0 Å². The highest BCUT2D eigenvalue weighted by atomic mass is 35.5. The third kappa shape index (κ3) is 1.87. The Morgan fingerprint density at radius 2 is 1.71 bits per heavy atom. The van der Waals surface area contributed by atoms with Crippen LogP contribution in [-0.2, 0) is 0 Å². The average Bonchev–Trinajstić information content (AvgIpc) is 2.23. The van der Waals surface area contributed by atoms with Crippen LogP contribution in [-0.4, -0.2) is 0 Å². The fraction of sp³-hybridized carbons (Fsp3) is 0.167. The Kier molecular flexibility index (Phi) is 2.95. The van der Waals surface area contributed by atoms with Crippen LogP contribution in [0.3, 0.4) is 0 Å². The van der Waals surface area contributed by atoms with Crippen LogP contribution >= 0.6 is 23.2 Å². The first-order chi connectivity index (χ1) is 6.79. The Labute approximate surface area is 93.8 Å². The molecule has 72 valence electrons. The van der Waals surface area contributed by atoms with Crippen molar-refractivity contribution in [2.24, 2.45) is 0 Å². The first-order valence-corrected chi connectivity index (χ1v) is 5.35. The zero-order valence-corrected chi connectivity index (χ0v) is 9.15. The molecule has 1 aromatic carbocycles. The lowest BCUT2D eigenvalue weighted by molar-refractivity contribution is 1.05. The van der Waals surface area contributed by atoms with Crippen LogP contribution in [0.25, 0.3) is 5.57 Å². The highest BCUT2D eigenvalue weighted by Crippen LogP contribution is 2.36. The zero-order valence-electron chi connectivity index (χ0n) is 7.63. The number of benzene rings is 1. The number of halogens is 2. The smallest absolute Gasteiger partial charge is 0.0627 e. The van der Waals surface area contributed by atoms with Crippen LogP contribution < -0.4 is 0 Å². The van der Waals surface area contributed by atoms with Gasteiger partial charge in [-0.1, -0.05) is 59.6 Å². The fourth-order valence-electron chi connectivity index (χ4n) is 1.60. The lowest BCUT2D eigenvalue weighted by atomic mass is 9.97. The molecule has 0 aliphatic heterocycles. The molecule has 14 heavy (non-hydrogen) atoms. The molecule has 0 N–H and O–H groups in total. The monoisotopic (exact) mass is 224 g/mol. The van der Waals surface area contributed by atoms with Gasteiger partial charge in [0.25, 0.3) is 0 Å². The first kappa shape index (κ1) is 9.82. The summed E-state index contributed by atoms with van der Waals surface area (Å²) in [5.74, 6) is 0. The minimum Gasteiger partial charge on any atom is -0.0831 e. The van der Waals surface area contributed by atoms with Crippen LogP contribution in [0.2, 0.25) is 0 Å². The molecule has 1 aromatic rings. The number of allylic oxidation sites excluding steroid dienone is 4. The second-order valence-corrected chi connectivity index (χ2v) is 4.03. The summed E-state index contributed by atoms with van der Waals surface area (Å²) in [7, 11) is 0. The summed E-state index contributed by atoms with van der Waals surface area (Å²) in [4.78, 5) is 0. The second-order valence-electron chi connectivity index (χ2n) is 3.25. The molecule has 0 bridgehead atoms. The van der Waals surface area contributed by atoms with Gasteiger partial charge in [0.2, 0.25) is 0 Å². The first-order valence-electron chi connectivity index (χ1n) is 4.59. The average molecular weight is 225 g/mol. The van der Waals surface area contributed by atoms with Crippen molar-refractivity contribution in [1.29, 1.82) is 0 Å². The van der Waals surface area contributed by atoms with Crippen molar-refractivity contribution in [3.63, 3.8) is 0 Å². The molecule has 0 aromatic heterocycles. The van der Waals surface area contributed by atoms with Crippen molar-refractivity contribution in [3.05, 3.63) is 52.0 Å². The molecule has 0 saturated carbocycles. The van der Waals surface area contributed by atoms with Crippen molar-refractivity contribution in [3.8, 4) is 0 Å². The van der Waals surface area contributed by atoms with Gasteiger partial charge in [0.15, 0.2) is 0 Å². The summed E-state index contributed by atoms with van der Waals surface area (Å²) < 4.78 is 0. The molecule has 0 unspecified atom stereocenters. The molecule has 0 heterocycles. The zero-order chi connectivity index (χ0) is 9.97. The Morgan fingerprint density at radius 1 is 1.00 bits per heavy atom. The fourth-order valence-corrected chi connectivity index (χ4v) is 2.10. The Bertz CT molecular complexity index is 388. The van der Waals surface area contributed by atoms with E-state index in [0.717, 1.165) is 18.4 Å². The second kappa shape index (κ2) is 4.20. The van der Waals surface area contributed by atoms with E-state index in [1.807, 2.05) is 24.3 Å². The quantitative estimate of drug-likeness (QED) is 0.657. The van der Waals surface area contributed by atoms with E-state index in [1.54, 1.807) is 0 Å². The molecule has 0 spiro atoms. The molecule has 0 nitrogen and oxygen atoms in total. The van der Waals surface area contributed by atoms with E-state index in [-0.39, 0.29) is 0 Å². The van der Waals surface area contributed by atoms with Crippen molar-refractivity contribution < 1.29 is 0 Å². The third-order valence-corrected chi connectivity index (χ3v) is 3.19. The normalized spacial score (nSPS) is 16.9. The minimum absolute atomic E-state index is 0.678. The van der Waals surface area contributed by atoms with Crippen LogP contribution in [0.4, 0.5) is 0 Å². The van der Waals surface area contributed by atoms with E-state index in [2.05, 4.69) is 12.1 Å². The highest BCUT2D eigenvalue weighted by Gasteiger charge is 2.13. The maximum absolute atomic E-state index is 6.15. The summed E-state index contributed by atoms with van der Waals surface area (Å²) in [6, 6.07) is 10.1. The maximum atomic E-state index is 6.15. The van der Waals surface area contributed by atoms with Gasteiger partial charge in [0.1, 0.15) is 0 Å². The van der Waals surface area contributed by atoms with Gasteiger partial charge in [-0.3, -0.25) is 0 Å². The van der Waals surface area contributed by atoms with Crippen molar-refractivity contribution in [2.75, 3.05) is 0 Å². The SMILES string of the molecule is ClC1=CCCC(c2ccccc2)=C1Cl. The predicted molar refractivity (Wildman–Crippen MR) is 62.4 cm³/mol. The summed E-state index contributed by atoms with van der Waals surface area (Å²) >= 11 is 12.1. The largest absolute Gasteiger partial charge is 0.0831 e. The van der Waals surface area contributed by atoms with Crippen LogP contribution in [0, 0.1) is 0 Å². The molecule has 0 amide bonds. The van der Waals surface area contributed by atoms with E-state index in [4.69, 9.17) is 23.2 Å².